The molecule has 1 amide bonds. The van der Waals surface area contributed by atoms with Crippen LogP contribution in [0.25, 0.3) is 21.9 Å². The van der Waals surface area contributed by atoms with Gasteiger partial charge in [-0.1, -0.05) is 38.1 Å². The zero-order valence-corrected chi connectivity index (χ0v) is 19.9. The maximum absolute atomic E-state index is 11.8. The van der Waals surface area contributed by atoms with Crippen molar-refractivity contribution in [2.45, 2.75) is 65.6 Å². The molecule has 178 valence electrons. The molecule has 0 bridgehead atoms. The van der Waals surface area contributed by atoms with Crippen LogP contribution in [0.5, 0.6) is 0 Å². The molecule has 1 atom stereocenters. The molecular formula is C25H35N5O3. The maximum atomic E-state index is 11.8. The Hall–Kier alpha value is -3.13. The molecule has 1 unspecified atom stereocenters. The van der Waals surface area contributed by atoms with E-state index in [9.17, 15) is 4.79 Å². The molecule has 3 rings (SSSR count). The van der Waals surface area contributed by atoms with E-state index in [2.05, 4.69) is 23.8 Å². The monoisotopic (exact) mass is 453 g/mol. The third-order valence-electron chi connectivity index (χ3n) is 5.49. The Morgan fingerprint density at radius 2 is 1.97 bits per heavy atom. The standard InChI is InChI=1S/C25H35N5O3/c1-5-7-11-18(12-10-15-27-25(31)17(3)4)33-30-21(16-32-6-2)29-22-23(30)19-13-8-9-14-20(19)28-24(22)26/h8-9,13-14,18H,3,5-7,10-12,15-16H2,1-2,4H3,(H2,26,28)(H,27,31). The number of rotatable bonds is 13. The van der Waals surface area contributed by atoms with Gasteiger partial charge in [0, 0.05) is 24.1 Å². The third-order valence-corrected chi connectivity index (χ3v) is 5.49. The molecule has 8 heteroatoms. The zero-order valence-electron chi connectivity index (χ0n) is 19.9. The van der Waals surface area contributed by atoms with Crippen LogP contribution in [-0.4, -0.2) is 39.9 Å². The van der Waals surface area contributed by atoms with Gasteiger partial charge in [-0.25, -0.2) is 9.97 Å². The number of nitrogen functional groups attached to an aromatic ring is 1. The zero-order chi connectivity index (χ0) is 23.8. The van der Waals surface area contributed by atoms with Gasteiger partial charge in [0.25, 0.3) is 0 Å². The number of nitrogens with two attached hydrogens (primary N) is 1. The number of nitrogens with zero attached hydrogens (tertiary/aromatic N) is 3. The molecule has 1 aromatic carbocycles. The van der Waals surface area contributed by atoms with E-state index in [1.165, 1.54) is 0 Å². The second-order valence-electron chi connectivity index (χ2n) is 8.22. The lowest BCUT2D eigenvalue weighted by Crippen LogP contribution is -2.29. The van der Waals surface area contributed by atoms with Crippen molar-refractivity contribution in [3.63, 3.8) is 0 Å². The molecule has 3 aromatic rings. The summed E-state index contributed by atoms with van der Waals surface area (Å²) in [6, 6.07) is 7.85. The van der Waals surface area contributed by atoms with Crippen molar-refractivity contribution in [1.82, 2.24) is 20.0 Å². The molecule has 0 aliphatic rings. The number of fused-ring (bicyclic) bond motifs is 3. The first kappa shape index (κ1) is 24.5. The summed E-state index contributed by atoms with van der Waals surface area (Å²) in [6.07, 6.45) is 4.56. The Labute approximate surface area is 195 Å². The average molecular weight is 454 g/mol. The van der Waals surface area contributed by atoms with Crippen molar-refractivity contribution in [1.29, 1.82) is 0 Å². The SMILES string of the molecule is C=C(C)C(=O)NCCCC(CCCC)On1c(COCC)nc2c(N)nc3ccccc3c21. The van der Waals surface area contributed by atoms with Gasteiger partial charge in [0.05, 0.1) is 5.52 Å². The smallest absolute Gasteiger partial charge is 0.246 e. The molecule has 3 N–H and O–H groups in total. The number of anilines is 1. The van der Waals surface area contributed by atoms with Crippen LogP contribution < -0.4 is 15.9 Å². The first-order valence-electron chi connectivity index (χ1n) is 11.7. The summed E-state index contributed by atoms with van der Waals surface area (Å²) < 4.78 is 7.46. The maximum Gasteiger partial charge on any atom is 0.246 e. The Balaban J connectivity index is 1.92. The summed E-state index contributed by atoms with van der Waals surface area (Å²) in [5.74, 6) is 0.917. The molecule has 0 saturated heterocycles. The summed E-state index contributed by atoms with van der Waals surface area (Å²) in [6.45, 7) is 11.0. The molecule has 33 heavy (non-hydrogen) atoms. The fourth-order valence-corrected chi connectivity index (χ4v) is 3.73. The predicted molar refractivity (Wildman–Crippen MR) is 132 cm³/mol. The molecule has 2 heterocycles. The topological polar surface area (TPSA) is 104 Å². The lowest BCUT2D eigenvalue weighted by molar-refractivity contribution is -0.117. The summed E-state index contributed by atoms with van der Waals surface area (Å²) in [7, 11) is 0. The number of nitrogens with one attached hydrogen (secondary N) is 1. The molecule has 0 fully saturated rings. The van der Waals surface area contributed by atoms with E-state index < -0.39 is 0 Å². The number of carbonyl (C=O) groups excluding carboxylic acids is 1. The van der Waals surface area contributed by atoms with Crippen LogP contribution in [0.1, 0.15) is 58.7 Å². The third kappa shape index (κ3) is 6.01. The van der Waals surface area contributed by atoms with E-state index >= 15 is 0 Å². The van der Waals surface area contributed by atoms with Crippen LogP contribution in [-0.2, 0) is 16.1 Å². The molecule has 2 aromatic heterocycles. The number of ether oxygens (including phenoxy) is 1. The number of imidazole rings is 1. The number of unbranched alkanes of at least 4 members (excludes halogenated alkanes) is 1. The second kappa shape index (κ2) is 11.7. The fraction of sp³-hybridized carbons (Fsp3) is 0.480. The normalized spacial score (nSPS) is 12.2. The van der Waals surface area contributed by atoms with Crippen LogP contribution in [0, 0.1) is 0 Å². The van der Waals surface area contributed by atoms with Crippen LogP contribution >= 0.6 is 0 Å². The van der Waals surface area contributed by atoms with Crippen LogP contribution in [0.15, 0.2) is 36.4 Å². The first-order valence-corrected chi connectivity index (χ1v) is 11.7. The first-order chi connectivity index (χ1) is 16.0. The Kier molecular flexibility index (Phi) is 8.65. The van der Waals surface area contributed by atoms with Gasteiger partial charge in [-0.3, -0.25) is 4.79 Å². The second-order valence-corrected chi connectivity index (χ2v) is 8.22. The van der Waals surface area contributed by atoms with E-state index in [1.807, 2.05) is 31.2 Å². The quantitative estimate of drug-likeness (QED) is 0.297. The van der Waals surface area contributed by atoms with Crippen molar-refractivity contribution in [2.24, 2.45) is 0 Å². The average Bonchev–Trinajstić information content (AvgIpc) is 3.17. The minimum atomic E-state index is -0.116. The van der Waals surface area contributed by atoms with Crippen molar-refractivity contribution in [2.75, 3.05) is 18.9 Å². The van der Waals surface area contributed by atoms with Crippen molar-refractivity contribution < 1.29 is 14.4 Å². The Morgan fingerprint density at radius 3 is 2.70 bits per heavy atom. The molecule has 8 nitrogen and oxygen atoms in total. The molecular weight excluding hydrogens is 418 g/mol. The van der Waals surface area contributed by atoms with Gasteiger partial charge in [-0.05, 0) is 45.6 Å². The van der Waals surface area contributed by atoms with Gasteiger partial charge in [-0.2, -0.15) is 4.73 Å². The number of para-hydroxylation sites is 1. The van der Waals surface area contributed by atoms with Gasteiger partial charge < -0.3 is 20.6 Å². The summed E-state index contributed by atoms with van der Waals surface area (Å²) in [4.78, 5) is 27.6. The van der Waals surface area contributed by atoms with Gasteiger partial charge in [0.2, 0.25) is 5.91 Å². The van der Waals surface area contributed by atoms with E-state index in [1.54, 1.807) is 11.7 Å². The Bertz CT molecular complexity index is 1110. The summed E-state index contributed by atoms with van der Waals surface area (Å²) in [5, 5.41) is 3.83. The number of hydrogen-bond acceptors (Lipinski definition) is 6. The number of aromatic nitrogens is 3. The van der Waals surface area contributed by atoms with Crippen LogP contribution in [0.2, 0.25) is 0 Å². The van der Waals surface area contributed by atoms with Crippen molar-refractivity contribution in [3.8, 4) is 0 Å². The number of carbonyl (C=O) groups is 1. The molecule has 0 radical (unpaired) electrons. The van der Waals surface area contributed by atoms with Crippen molar-refractivity contribution in [3.05, 3.63) is 42.2 Å². The number of pyridine rings is 1. The van der Waals surface area contributed by atoms with Crippen molar-refractivity contribution >= 4 is 33.7 Å². The highest BCUT2D eigenvalue weighted by molar-refractivity contribution is 6.06. The highest BCUT2D eigenvalue weighted by Gasteiger charge is 2.21. The van der Waals surface area contributed by atoms with E-state index in [4.69, 9.17) is 20.3 Å². The Morgan fingerprint density at radius 1 is 1.21 bits per heavy atom. The van der Waals surface area contributed by atoms with Gasteiger partial charge in [0.1, 0.15) is 23.7 Å². The van der Waals surface area contributed by atoms with Gasteiger partial charge in [0.15, 0.2) is 11.6 Å². The van der Waals surface area contributed by atoms with Crippen LogP contribution in [0.3, 0.4) is 0 Å². The number of hydrogen-bond donors (Lipinski definition) is 2. The lowest BCUT2D eigenvalue weighted by Gasteiger charge is -2.21. The number of amides is 1. The van der Waals surface area contributed by atoms with E-state index in [0.717, 1.165) is 48.5 Å². The van der Waals surface area contributed by atoms with E-state index in [0.29, 0.717) is 42.5 Å². The number of benzene rings is 1. The summed E-state index contributed by atoms with van der Waals surface area (Å²) in [5.41, 5.74) is 9.00. The molecule has 0 aliphatic carbocycles. The lowest BCUT2D eigenvalue weighted by atomic mass is 10.1. The predicted octanol–water partition coefficient (Wildman–Crippen LogP) is 4.16. The van der Waals surface area contributed by atoms with Gasteiger partial charge >= 0.3 is 0 Å². The fourth-order valence-electron chi connectivity index (χ4n) is 3.73. The van der Waals surface area contributed by atoms with Crippen LogP contribution in [0.4, 0.5) is 5.82 Å². The molecule has 0 aliphatic heterocycles. The minimum absolute atomic E-state index is 0.0439. The highest BCUT2D eigenvalue weighted by atomic mass is 16.7. The van der Waals surface area contributed by atoms with Gasteiger partial charge in [-0.15, -0.1) is 0 Å². The van der Waals surface area contributed by atoms with E-state index in [-0.39, 0.29) is 12.0 Å². The highest BCUT2D eigenvalue weighted by Crippen LogP contribution is 2.29. The summed E-state index contributed by atoms with van der Waals surface area (Å²) >= 11 is 0. The largest absolute Gasteiger partial charge is 0.409 e. The minimum Gasteiger partial charge on any atom is -0.409 e. The molecule has 0 spiro atoms. The molecule has 0 saturated carbocycles.